The molecule has 1 saturated heterocycles. The summed E-state index contributed by atoms with van der Waals surface area (Å²) in [5.74, 6) is -0.274. The molecule has 1 atom stereocenters. The third-order valence-electron chi connectivity index (χ3n) is 3.90. The predicted octanol–water partition coefficient (Wildman–Crippen LogP) is 3.80. The number of carbonyl (C=O) groups is 1. The molecular weight excluding hydrogens is 321 g/mol. The molecule has 1 unspecified atom stereocenters. The number of rotatable bonds is 6. The lowest BCUT2D eigenvalue weighted by Crippen LogP contribution is -2.30. The van der Waals surface area contributed by atoms with Crippen LogP contribution in [0.4, 0.5) is 0 Å². The molecule has 2 aliphatic rings. The van der Waals surface area contributed by atoms with Crippen LogP contribution in [0.3, 0.4) is 0 Å². The van der Waals surface area contributed by atoms with Crippen molar-refractivity contribution in [3.63, 3.8) is 0 Å². The number of esters is 1. The number of hydrogen-bond acceptors (Lipinski definition) is 5. The maximum absolute atomic E-state index is 12.1. The summed E-state index contributed by atoms with van der Waals surface area (Å²) in [6.07, 6.45) is 7.44. The smallest absolute Gasteiger partial charge is 0.337 e. The Kier molecular flexibility index (Phi) is 6.06. The van der Waals surface area contributed by atoms with Gasteiger partial charge in [-0.15, -0.1) is 0 Å². The monoisotopic (exact) mass is 347 g/mol. The summed E-state index contributed by atoms with van der Waals surface area (Å²) in [5.41, 5.74) is 0.269. The van der Waals surface area contributed by atoms with E-state index >= 15 is 0 Å². The minimum Gasteiger partial charge on any atom is -0.455 e. The topological polar surface area (TPSA) is 56.8 Å². The van der Waals surface area contributed by atoms with E-state index in [0.29, 0.717) is 18.6 Å². The van der Waals surface area contributed by atoms with Crippen molar-refractivity contribution in [2.75, 3.05) is 6.61 Å². The lowest BCUT2D eigenvalue weighted by Gasteiger charge is -2.31. The fourth-order valence-corrected chi connectivity index (χ4v) is 5.51. The van der Waals surface area contributed by atoms with Crippen LogP contribution in [0.2, 0.25) is 0 Å². The Morgan fingerprint density at radius 1 is 1.41 bits per heavy atom. The molecule has 1 spiro atoms. The quantitative estimate of drug-likeness (QED) is 0.341. The molecule has 22 heavy (non-hydrogen) atoms. The standard InChI is InChI=1S/C15H26NO4PS/c1-4-18-21(22,16-12(2)3)19-11-13-10-15(20-14(13)17)8-6-5-7-9-15/h11-12H,4-10H2,1-3H3,(H,16,22)/b13-11-. The fraction of sp³-hybridized carbons (Fsp3) is 0.800. The van der Waals surface area contributed by atoms with E-state index in [1.165, 1.54) is 12.7 Å². The van der Waals surface area contributed by atoms with Crippen molar-refractivity contribution in [3.8, 4) is 0 Å². The van der Waals surface area contributed by atoms with Gasteiger partial charge in [0.1, 0.15) is 11.9 Å². The van der Waals surface area contributed by atoms with Gasteiger partial charge in [-0.25, -0.2) is 9.88 Å². The Bertz CT molecular complexity index is 486. The molecule has 5 nitrogen and oxygen atoms in total. The van der Waals surface area contributed by atoms with E-state index in [1.54, 1.807) is 0 Å². The Labute approximate surface area is 138 Å². The maximum Gasteiger partial charge on any atom is 0.337 e. The van der Waals surface area contributed by atoms with Crippen LogP contribution < -0.4 is 5.09 Å². The number of hydrogen-bond donors (Lipinski definition) is 1. The summed E-state index contributed by atoms with van der Waals surface area (Å²) < 4.78 is 16.9. The van der Waals surface area contributed by atoms with E-state index < -0.39 is 6.64 Å². The van der Waals surface area contributed by atoms with Gasteiger partial charge < -0.3 is 13.8 Å². The van der Waals surface area contributed by atoms with Crippen molar-refractivity contribution in [2.24, 2.45) is 0 Å². The SMILES string of the molecule is CCOP(=S)(NC(C)C)O/C=C1/CC2(CCCCC2)OC1=O. The predicted molar refractivity (Wildman–Crippen MR) is 89.9 cm³/mol. The van der Waals surface area contributed by atoms with E-state index in [9.17, 15) is 4.79 Å². The first-order valence-electron chi connectivity index (χ1n) is 8.01. The fourth-order valence-electron chi connectivity index (χ4n) is 3.00. The molecule has 2 fully saturated rings. The van der Waals surface area contributed by atoms with Gasteiger partial charge in [0, 0.05) is 12.5 Å². The van der Waals surface area contributed by atoms with Crippen LogP contribution in [0.25, 0.3) is 0 Å². The largest absolute Gasteiger partial charge is 0.455 e. The first-order chi connectivity index (χ1) is 10.4. The lowest BCUT2D eigenvalue weighted by molar-refractivity contribution is -0.148. The van der Waals surface area contributed by atoms with Crippen molar-refractivity contribution in [2.45, 2.75) is 70.9 Å². The van der Waals surface area contributed by atoms with Gasteiger partial charge in [0.05, 0.1) is 12.2 Å². The highest BCUT2D eigenvalue weighted by molar-refractivity contribution is 8.09. The minimum absolute atomic E-state index is 0.149. The summed E-state index contributed by atoms with van der Waals surface area (Å²) in [6.45, 7) is 3.70. The lowest BCUT2D eigenvalue weighted by atomic mass is 9.82. The summed E-state index contributed by atoms with van der Waals surface area (Å²) in [6, 6.07) is 0.149. The second-order valence-electron chi connectivity index (χ2n) is 6.26. The van der Waals surface area contributed by atoms with Gasteiger partial charge in [-0.1, -0.05) is 6.42 Å². The molecule has 0 aromatic heterocycles. The van der Waals surface area contributed by atoms with Crippen LogP contribution in [-0.4, -0.2) is 24.2 Å². The normalized spacial score (nSPS) is 25.5. The Morgan fingerprint density at radius 3 is 2.68 bits per heavy atom. The Balaban J connectivity index is 2.05. The van der Waals surface area contributed by atoms with E-state index in [4.69, 9.17) is 25.6 Å². The van der Waals surface area contributed by atoms with Crippen LogP contribution in [0.5, 0.6) is 0 Å². The molecule has 1 aliphatic carbocycles. The Morgan fingerprint density at radius 2 is 2.09 bits per heavy atom. The second-order valence-corrected chi connectivity index (χ2v) is 9.42. The highest BCUT2D eigenvalue weighted by Gasteiger charge is 2.44. The minimum atomic E-state index is -2.61. The zero-order chi connectivity index (χ0) is 16.2. The molecule has 0 aromatic carbocycles. The van der Waals surface area contributed by atoms with Gasteiger partial charge in [-0.3, -0.25) is 0 Å². The van der Waals surface area contributed by atoms with Crippen molar-refractivity contribution < 1.29 is 18.6 Å². The zero-order valence-electron chi connectivity index (χ0n) is 13.6. The Hall–Kier alpha value is -0.420. The summed E-state index contributed by atoms with van der Waals surface area (Å²) in [5, 5.41) is 3.15. The van der Waals surface area contributed by atoms with Crippen LogP contribution in [0.15, 0.2) is 11.8 Å². The van der Waals surface area contributed by atoms with Gasteiger partial charge >= 0.3 is 12.6 Å². The van der Waals surface area contributed by atoms with Crippen molar-refractivity contribution >= 4 is 24.4 Å². The summed E-state index contributed by atoms with van der Waals surface area (Å²) >= 11 is 5.46. The molecular formula is C15H26NO4PS. The van der Waals surface area contributed by atoms with Crippen molar-refractivity contribution in [1.82, 2.24) is 5.09 Å². The first kappa shape index (κ1) is 17.9. The molecule has 0 aromatic rings. The molecule has 7 heteroatoms. The molecule has 1 aliphatic heterocycles. The van der Waals surface area contributed by atoms with Gasteiger partial charge in [-0.2, -0.15) is 0 Å². The van der Waals surface area contributed by atoms with E-state index in [2.05, 4.69) is 5.09 Å². The molecule has 0 amide bonds. The van der Waals surface area contributed by atoms with Crippen LogP contribution in [0, 0.1) is 0 Å². The maximum atomic E-state index is 12.1. The molecule has 1 N–H and O–H groups in total. The summed E-state index contributed by atoms with van der Waals surface area (Å²) in [7, 11) is 0. The van der Waals surface area contributed by atoms with Gasteiger partial charge in [-0.05, 0) is 58.3 Å². The van der Waals surface area contributed by atoms with Gasteiger partial charge in [0.25, 0.3) is 0 Å². The molecule has 2 rings (SSSR count). The van der Waals surface area contributed by atoms with Crippen molar-refractivity contribution in [3.05, 3.63) is 11.8 Å². The van der Waals surface area contributed by atoms with E-state index in [-0.39, 0.29) is 17.6 Å². The average molecular weight is 347 g/mol. The number of carbonyl (C=O) groups excluding carboxylic acids is 1. The zero-order valence-corrected chi connectivity index (χ0v) is 15.3. The van der Waals surface area contributed by atoms with Crippen LogP contribution in [0.1, 0.15) is 59.3 Å². The first-order valence-corrected chi connectivity index (χ1v) is 10.6. The highest BCUT2D eigenvalue weighted by atomic mass is 32.5. The van der Waals surface area contributed by atoms with Crippen LogP contribution in [-0.2, 0) is 30.4 Å². The van der Waals surface area contributed by atoms with Gasteiger partial charge in [0.2, 0.25) is 0 Å². The molecule has 1 heterocycles. The third kappa shape index (κ3) is 4.54. The van der Waals surface area contributed by atoms with E-state index in [1.807, 2.05) is 20.8 Å². The number of ether oxygens (including phenoxy) is 1. The highest BCUT2D eigenvalue weighted by Crippen LogP contribution is 2.47. The molecule has 0 bridgehead atoms. The van der Waals surface area contributed by atoms with Crippen LogP contribution >= 0.6 is 6.64 Å². The second kappa shape index (κ2) is 7.43. The summed E-state index contributed by atoms with van der Waals surface area (Å²) in [4.78, 5) is 12.1. The third-order valence-corrected chi connectivity index (χ3v) is 6.60. The molecule has 0 radical (unpaired) electrons. The number of nitrogens with one attached hydrogen (secondary N) is 1. The van der Waals surface area contributed by atoms with Crippen molar-refractivity contribution in [1.29, 1.82) is 0 Å². The van der Waals surface area contributed by atoms with Gasteiger partial charge in [0.15, 0.2) is 0 Å². The van der Waals surface area contributed by atoms with E-state index in [0.717, 1.165) is 25.7 Å². The molecule has 126 valence electrons. The average Bonchev–Trinajstić information content (AvgIpc) is 2.73. The molecule has 1 saturated carbocycles.